The molecule has 0 aliphatic carbocycles. The van der Waals surface area contributed by atoms with Gasteiger partial charge >= 0.3 is 0 Å². The number of rotatable bonds is 7. The van der Waals surface area contributed by atoms with Crippen LogP contribution in [0.25, 0.3) is 0 Å². The first kappa shape index (κ1) is 16.5. The molecule has 21 heavy (non-hydrogen) atoms. The van der Waals surface area contributed by atoms with Crippen molar-refractivity contribution in [2.75, 3.05) is 26.2 Å². The number of amides is 1. The Bertz CT molecular complexity index is 451. The maximum atomic E-state index is 12.5. The van der Waals surface area contributed by atoms with Gasteiger partial charge in [-0.1, -0.05) is 13.8 Å². The Kier molecular flexibility index (Phi) is 6.24. The minimum atomic E-state index is 0.305. The van der Waals surface area contributed by atoms with Gasteiger partial charge in [0, 0.05) is 28.9 Å². The normalized spacial score (nSPS) is 19.1. The highest BCUT2D eigenvalue weighted by atomic mass is 32.1. The molecule has 4 heteroatoms. The molecule has 0 spiro atoms. The van der Waals surface area contributed by atoms with Crippen LogP contribution >= 0.6 is 11.3 Å². The van der Waals surface area contributed by atoms with Crippen molar-refractivity contribution in [3.8, 4) is 0 Å². The van der Waals surface area contributed by atoms with Crippen LogP contribution in [0.15, 0.2) is 12.1 Å². The van der Waals surface area contributed by atoms with Crippen molar-refractivity contribution in [3.05, 3.63) is 21.9 Å². The first-order chi connectivity index (χ1) is 10.2. The summed E-state index contributed by atoms with van der Waals surface area (Å²) in [5.41, 5.74) is 0. The first-order valence-electron chi connectivity index (χ1n) is 8.23. The molecule has 0 bridgehead atoms. The van der Waals surface area contributed by atoms with Crippen LogP contribution in [0.3, 0.4) is 0 Å². The molecule has 0 aromatic carbocycles. The van der Waals surface area contributed by atoms with Crippen LogP contribution in [0.2, 0.25) is 0 Å². The van der Waals surface area contributed by atoms with Crippen molar-refractivity contribution in [1.82, 2.24) is 9.80 Å². The van der Waals surface area contributed by atoms with Gasteiger partial charge in [-0.2, -0.15) is 0 Å². The fourth-order valence-corrected chi connectivity index (χ4v) is 4.19. The van der Waals surface area contributed by atoms with Crippen molar-refractivity contribution in [2.24, 2.45) is 0 Å². The van der Waals surface area contributed by atoms with Crippen LogP contribution < -0.4 is 0 Å². The van der Waals surface area contributed by atoms with Gasteiger partial charge in [0.15, 0.2) is 0 Å². The summed E-state index contributed by atoms with van der Waals surface area (Å²) in [4.78, 5) is 19.8. The zero-order valence-corrected chi connectivity index (χ0v) is 14.4. The maximum Gasteiger partial charge on any atom is 0.236 e. The van der Waals surface area contributed by atoms with E-state index >= 15 is 0 Å². The van der Waals surface area contributed by atoms with Gasteiger partial charge in [-0.3, -0.25) is 9.69 Å². The summed E-state index contributed by atoms with van der Waals surface area (Å²) in [5.74, 6) is 0.305. The van der Waals surface area contributed by atoms with Gasteiger partial charge < -0.3 is 4.90 Å². The summed E-state index contributed by atoms with van der Waals surface area (Å²) in [6.45, 7) is 9.86. The number of hydrogen-bond donors (Lipinski definition) is 0. The molecule has 1 aromatic rings. The number of aryl methyl sites for hydroxylation is 1. The number of carbonyl (C=O) groups is 1. The molecule has 0 N–H and O–H groups in total. The topological polar surface area (TPSA) is 23.6 Å². The lowest BCUT2D eigenvalue weighted by Crippen LogP contribution is -2.40. The average Bonchev–Trinajstić information content (AvgIpc) is 3.07. The quantitative estimate of drug-likeness (QED) is 0.764. The van der Waals surface area contributed by atoms with Crippen molar-refractivity contribution in [2.45, 2.75) is 52.5 Å². The Hall–Kier alpha value is -0.870. The molecule has 1 atom stereocenters. The highest BCUT2D eigenvalue weighted by Gasteiger charge is 2.29. The van der Waals surface area contributed by atoms with Crippen LogP contribution in [-0.2, 0) is 4.79 Å². The average molecular weight is 308 g/mol. The van der Waals surface area contributed by atoms with Gasteiger partial charge in [0.05, 0.1) is 6.54 Å². The van der Waals surface area contributed by atoms with Crippen molar-refractivity contribution >= 4 is 17.2 Å². The van der Waals surface area contributed by atoms with Gasteiger partial charge in [-0.15, -0.1) is 11.3 Å². The van der Waals surface area contributed by atoms with E-state index in [-0.39, 0.29) is 0 Å². The largest absolute Gasteiger partial charge is 0.342 e. The van der Waals surface area contributed by atoms with E-state index < -0.39 is 0 Å². The fourth-order valence-electron chi connectivity index (χ4n) is 3.14. The summed E-state index contributed by atoms with van der Waals surface area (Å²) >= 11 is 1.88. The summed E-state index contributed by atoms with van der Waals surface area (Å²) in [6.07, 6.45) is 4.48. The SMILES string of the molecule is CCCN(CCC)C(=O)CN1CCCC1c1ccc(C)s1. The molecule has 1 unspecified atom stereocenters. The van der Waals surface area contributed by atoms with Crippen LogP contribution in [0, 0.1) is 6.92 Å². The van der Waals surface area contributed by atoms with Gasteiger partial charge in [0.25, 0.3) is 0 Å². The zero-order chi connectivity index (χ0) is 15.2. The number of nitrogens with zero attached hydrogens (tertiary/aromatic N) is 2. The second-order valence-corrected chi connectivity index (χ2v) is 7.28. The molecule has 118 valence electrons. The van der Waals surface area contributed by atoms with Crippen molar-refractivity contribution in [3.63, 3.8) is 0 Å². The van der Waals surface area contributed by atoms with Crippen LogP contribution in [0.1, 0.15) is 55.3 Å². The molecule has 1 aromatic heterocycles. The van der Waals surface area contributed by atoms with Gasteiger partial charge in [-0.25, -0.2) is 0 Å². The third kappa shape index (κ3) is 4.30. The van der Waals surface area contributed by atoms with Gasteiger partial charge in [-0.05, 0) is 51.3 Å². The molecule has 1 aliphatic rings. The lowest BCUT2D eigenvalue weighted by molar-refractivity contribution is -0.132. The maximum absolute atomic E-state index is 12.5. The third-order valence-electron chi connectivity index (χ3n) is 4.13. The van der Waals surface area contributed by atoms with Crippen LogP contribution in [-0.4, -0.2) is 41.9 Å². The number of carbonyl (C=O) groups excluding carboxylic acids is 1. The summed E-state index contributed by atoms with van der Waals surface area (Å²) in [6, 6.07) is 4.89. The molecule has 1 aliphatic heterocycles. The number of thiophene rings is 1. The molecule has 1 amide bonds. The van der Waals surface area contributed by atoms with E-state index in [9.17, 15) is 4.79 Å². The van der Waals surface area contributed by atoms with E-state index in [1.807, 2.05) is 16.2 Å². The van der Waals surface area contributed by atoms with E-state index in [0.717, 1.165) is 32.5 Å². The predicted molar refractivity (Wildman–Crippen MR) is 89.8 cm³/mol. The molecule has 1 fully saturated rings. The second kappa shape index (κ2) is 7.95. The number of likely N-dealkylation sites (tertiary alicyclic amines) is 1. The first-order valence-corrected chi connectivity index (χ1v) is 9.05. The smallest absolute Gasteiger partial charge is 0.236 e. The second-order valence-electron chi connectivity index (χ2n) is 5.96. The summed E-state index contributed by atoms with van der Waals surface area (Å²) in [7, 11) is 0. The molecule has 1 saturated heterocycles. The Balaban J connectivity index is 1.98. The van der Waals surface area contributed by atoms with Crippen LogP contribution in [0.5, 0.6) is 0 Å². The number of hydrogen-bond acceptors (Lipinski definition) is 3. The van der Waals surface area contributed by atoms with E-state index in [2.05, 4.69) is 37.8 Å². The van der Waals surface area contributed by atoms with E-state index in [1.54, 1.807) is 0 Å². The third-order valence-corrected chi connectivity index (χ3v) is 5.23. The van der Waals surface area contributed by atoms with E-state index in [4.69, 9.17) is 0 Å². The Morgan fingerprint density at radius 3 is 2.62 bits per heavy atom. The van der Waals surface area contributed by atoms with Crippen LogP contribution in [0.4, 0.5) is 0 Å². The minimum absolute atomic E-state index is 0.305. The molecular formula is C17H28N2OS. The van der Waals surface area contributed by atoms with Gasteiger partial charge in [0.1, 0.15) is 0 Å². The Morgan fingerprint density at radius 1 is 1.33 bits per heavy atom. The lowest BCUT2D eigenvalue weighted by atomic mass is 10.2. The summed E-state index contributed by atoms with van der Waals surface area (Å²) < 4.78 is 0. The van der Waals surface area contributed by atoms with Crippen molar-refractivity contribution < 1.29 is 4.79 Å². The van der Waals surface area contributed by atoms with Gasteiger partial charge in [0.2, 0.25) is 5.91 Å². The molecule has 3 nitrogen and oxygen atoms in total. The minimum Gasteiger partial charge on any atom is -0.342 e. The fraction of sp³-hybridized carbons (Fsp3) is 0.706. The standard InChI is InChI=1S/C17H28N2OS/c1-4-10-18(11-5-2)17(20)13-19-12-6-7-15(19)16-9-8-14(3)21-16/h8-9,15H,4-7,10-13H2,1-3H3. The molecule has 0 saturated carbocycles. The van der Waals surface area contributed by atoms with E-state index in [0.29, 0.717) is 18.5 Å². The predicted octanol–water partition coefficient (Wildman–Crippen LogP) is 3.84. The molecular weight excluding hydrogens is 280 g/mol. The molecule has 2 heterocycles. The zero-order valence-electron chi connectivity index (χ0n) is 13.6. The highest BCUT2D eigenvalue weighted by molar-refractivity contribution is 7.12. The lowest BCUT2D eigenvalue weighted by Gasteiger charge is -2.27. The monoisotopic (exact) mass is 308 g/mol. The van der Waals surface area contributed by atoms with E-state index in [1.165, 1.54) is 22.6 Å². The highest BCUT2D eigenvalue weighted by Crippen LogP contribution is 2.35. The molecule has 0 radical (unpaired) electrons. The van der Waals surface area contributed by atoms with Crippen molar-refractivity contribution in [1.29, 1.82) is 0 Å². The Morgan fingerprint density at radius 2 is 2.05 bits per heavy atom. The molecule has 2 rings (SSSR count). The summed E-state index contributed by atoms with van der Waals surface area (Å²) in [5, 5.41) is 0. The Labute approximate surface area is 132 Å².